The van der Waals surface area contributed by atoms with Crippen molar-refractivity contribution < 1.29 is 65.5 Å². The normalized spacial score (nSPS) is 17.4. The van der Waals surface area contributed by atoms with Gasteiger partial charge >= 0.3 is 12.4 Å². The van der Waals surface area contributed by atoms with Gasteiger partial charge in [0.05, 0.1) is 39.8 Å². The Hall–Kier alpha value is -5.38. The number of nitrogens with zero attached hydrogens (tertiary/aromatic N) is 6. The number of sulfone groups is 1. The molecular weight excluding hydrogens is 996 g/mol. The maximum absolute atomic E-state index is 15.7. The third kappa shape index (κ3) is 9.56. The molecule has 3 atom stereocenters. The SMILES string of the molecule is CC(C)(C#Cc1ccc(-c2ccc(Cl)c3c(N(CCl)S(C)(=O)=O)nn(CC(F)(F)F)c23)c([C@H](Cc2cc(F)cc(F)c2)NC(=O)Cn2nc(C(F)(F)F)c3c2C(F)(F)[C@@H]2C=C[C@H]32)n1)S(C)(=O)=O. The molecule has 2 aliphatic carbocycles. The van der Waals surface area contributed by atoms with Crippen LogP contribution < -0.4 is 9.62 Å². The van der Waals surface area contributed by atoms with Gasteiger partial charge in [0.15, 0.2) is 21.3 Å². The summed E-state index contributed by atoms with van der Waals surface area (Å²) in [5.74, 6) is -6.02. The summed E-state index contributed by atoms with van der Waals surface area (Å²) in [6.07, 6.45) is -7.17. The summed E-state index contributed by atoms with van der Waals surface area (Å²) in [6, 6.07) is 4.28. The van der Waals surface area contributed by atoms with Gasteiger partial charge in [-0.3, -0.25) is 14.2 Å². The zero-order valence-corrected chi connectivity index (χ0v) is 38.0. The topological polar surface area (TPSA) is 149 Å². The Kier molecular flexibility index (Phi) is 12.6. The van der Waals surface area contributed by atoms with E-state index < -0.39 is 138 Å². The molecule has 1 N–H and O–H groups in total. The van der Waals surface area contributed by atoms with Crippen molar-refractivity contribution in [3.05, 3.63) is 105 Å². The lowest BCUT2D eigenvalue weighted by Crippen LogP contribution is -2.36. The van der Waals surface area contributed by atoms with E-state index in [1.54, 1.807) is 0 Å². The lowest BCUT2D eigenvalue weighted by Gasteiger charge is -2.27. The van der Waals surface area contributed by atoms with E-state index in [9.17, 15) is 56.8 Å². The van der Waals surface area contributed by atoms with Gasteiger partial charge in [0.1, 0.15) is 46.9 Å². The number of fused-ring (bicyclic) bond motifs is 4. The van der Waals surface area contributed by atoms with Gasteiger partial charge in [0.25, 0.3) is 5.92 Å². The van der Waals surface area contributed by atoms with Crippen molar-refractivity contribution >= 4 is 65.7 Å². The van der Waals surface area contributed by atoms with E-state index in [1.807, 2.05) is 0 Å². The van der Waals surface area contributed by atoms with Crippen LogP contribution in [0.4, 0.5) is 49.7 Å². The highest BCUT2D eigenvalue weighted by Gasteiger charge is 2.61. The third-order valence-electron chi connectivity index (χ3n) is 11.1. The number of nitrogens with one attached hydrogen (secondary N) is 1. The summed E-state index contributed by atoms with van der Waals surface area (Å²) in [5.41, 5.74) is -5.51. The minimum absolute atomic E-state index is 0.195. The number of rotatable bonds is 12. The first-order valence-corrected chi connectivity index (χ1v) is 24.0. The van der Waals surface area contributed by atoms with Crippen LogP contribution >= 0.6 is 23.2 Å². The highest BCUT2D eigenvalue weighted by Crippen LogP contribution is 2.60. The second-order valence-corrected chi connectivity index (χ2v) is 21.4. The number of carbonyl (C=O) groups excluding carboxylic acids is 1. The smallest absolute Gasteiger partial charge is 0.346 e. The van der Waals surface area contributed by atoms with E-state index in [2.05, 4.69) is 32.3 Å². The minimum atomic E-state index is -5.24. The molecule has 5 aromatic rings. The first-order chi connectivity index (χ1) is 30.8. The zero-order valence-electron chi connectivity index (χ0n) is 34.8. The molecule has 0 spiro atoms. The number of anilines is 1. The molecule has 2 aromatic carbocycles. The molecule has 3 heterocycles. The van der Waals surface area contributed by atoms with Crippen molar-refractivity contribution in [1.82, 2.24) is 29.9 Å². The predicted octanol–water partition coefficient (Wildman–Crippen LogP) is 8.42. The fraction of sp³-hybridized carbons (Fsp3) is 0.366. The standard InChI is InChI=1S/C41H33Cl2F10N7O5S2/c1-38(2,66(3,62)63)12-11-23-5-6-24(25-8-10-28(43)32-34(25)59(18-39(46,47)48)57-37(32)60(19-42)67(4,64)65)33(54-23)29(15-20-13-21(44)16-22(45)14-20)55-30(61)17-58-36-31(35(56-58)41(51,52)53)26-7-9-27(26)40(36,49)50/h5-10,13-14,16,26-27,29H,15,17-19H2,1-4H3,(H,55,61)/t26-,27+,29-/m0/s1. The molecule has 2 aliphatic rings. The van der Waals surface area contributed by atoms with Gasteiger partial charge in [-0.25, -0.2) is 34.9 Å². The average Bonchev–Trinajstić information content (AvgIpc) is 3.75. The molecule has 0 fully saturated rings. The lowest BCUT2D eigenvalue weighted by atomic mass is 9.81. The fourth-order valence-corrected chi connectivity index (χ4v) is 9.46. The molecule has 0 aliphatic heterocycles. The number of carbonyl (C=O) groups is 1. The number of amides is 1. The van der Waals surface area contributed by atoms with Crippen LogP contribution in [0.15, 0.2) is 54.6 Å². The maximum Gasteiger partial charge on any atom is 0.435 e. The van der Waals surface area contributed by atoms with Crippen molar-refractivity contribution in [1.29, 1.82) is 0 Å². The second-order valence-electron chi connectivity index (χ2n) is 16.2. The average molecular weight is 1030 g/mol. The molecular formula is C41H33Cl2F10N7O5S2. The van der Waals surface area contributed by atoms with Gasteiger partial charge in [-0.2, -0.15) is 45.3 Å². The summed E-state index contributed by atoms with van der Waals surface area (Å²) < 4.78 is 197. The minimum Gasteiger partial charge on any atom is -0.346 e. The summed E-state index contributed by atoms with van der Waals surface area (Å²) in [6.45, 7) is -0.635. The van der Waals surface area contributed by atoms with Crippen LogP contribution in [0.25, 0.3) is 22.0 Å². The molecule has 0 unspecified atom stereocenters. The van der Waals surface area contributed by atoms with Crippen molar-refractivity contribution in [2.75, 3.05) is 22.8 Å². The molecule has 0 bridgehead atoms. The molecule has 7 rings (SSSR count). The van der Waals surface area contributed by atoms with Crippen LogP contribution in [0.5, 0.6) is 0 Å². The number of allylic oxidation sites excluding steroid dienone is 2. The summed E-state index contributed by atoms with van der Waals surface area (Å²) in [7, 11) is -8.22. The van der Waals surface area contributed by atoms with E-state index in [1.165, 1.54) is 32.0 Å². The van der Waals surface area contributed by atoms with Crippen molar-refractivity contribution in [2.24, 2.45) is 5.92 Å². The van der Waals surface area contributed by atoms with Gasteiger partial charge < -0.3 is 5.32 Å². The highest BCUT2D eigenvalue weighted by atomic mass is 35.5. The molecule has 358 valence electrons. The number of benzene rings is 2. The summed E-state index contributed by atoms with van der Waals surface area (Å²) in [4.78, 5) is 18.7. The molecule has 0 saturated heterocycles. The van der Waals surface area contributed by atoms with Crippen molar-refractivity contribution in [3.63, 3.8) is 0 Å². The van der Waals surface area contributed by atoms with Crippen LogP contribution in [-0.2, 0) is 56.3 Å². The number of aromatic nitrogens is 5. The number of pyridine rings is 1. The molecule has 67 heavy (non-hydrogen) atoms. The Labute approximate surface area is 384 Å². The Balaban J connectivity index is 1.48. The van der Waals surface area contributed by atoms with E-state index in [-0.39, 0.29) is 37.5 Å². The Bertz CT molecular complexity index is 3160. The number of sulfonamides is 1. The number of hydrogen-bond donors (Lipinski definition) is 1. The highest BCUT2D eigenvalue weighted by molar-refractivity contribution is 7.92. The van der Waals surface area contributed by atoms with E-state index >= 15 is 8.78 Å². The van der Waals surface area contributed by atoms with Crippen LogP contribution in [-0.4, -0.2) is 76.7 Å². The monoisotopic (exact) mass is 1030 g/mol. The van der Waals surface area contributed by atoms with E-state index in [4.69, 9.17) is 23.2 Å². The molecule has 1 amide bonds. The number of alkyl halides is 9. The lowest BCUT2D eigenvalue weighted by molar-refractivity contribution is -0.143. The molecule has 3 aromatic heterocycles. The van der Waals surface area contributed by atoms with Gasteiger partial charge in [0.2, 0.25) is 15.9 Å². The van der Waals surface area contributed by atoms with Crippen molar-refractivity contribution in [2.45, 2.75) is 68.3 Å². The van der Waals surface area contributed by atoms with Gasteiger partial charge in [0, 0.05) is 34.9 Å². The second kappa shape index (κ2) is 17.0. The fourth-order valence-electron chi connectivity index (χ4n) is 7.72. The van der Waals surface area contributed by atoms with Crippen LogP contribution in [0.3, 0.4) is 0 Å². The molecule has 0 saturated carbocycles. The van der Waals surface area contributed by atoms with E-state index in [0.29, 0.717) is 21.3 Å². The number of halogens is 12. The van der Waals surface area contributed by atoms with Gasteiger partial charge in [-0.05, 0) is 62.1 Å². The molecule has 12 nitrogen and oxygen atoms in total. The quantitative estimate of drug-likeness (QED) is 0.0431. The first kappa shape index (κ1) is 49.5. The molecule has 0 radical (unpaired) electrons. The van der Waals surface area contributed by atoms with Crippen LogP contribution in [0.2, 0.25) is 5.02 Å². The first-order valence-electron chi connectivity index (χ1n) is 19.3. The van der Waals surface area contributed by atoms with E-state index in [0.717, 1.165) is 36.6 Å². The zero-order chi connectivity index (χ0) is 49.6. The van der Waals surface area contributed by atoms with Gasteiger partial charge in [-0.1, -0.05) is 35.7 Å². The van der Waals surface area contributed by atoms with Gasteiger partial charge in [-0.15, -0.1) is 11.6 Å². The third-order valence-corrected chi connectivity index (χ3v) is 14.8. The predicted molar refractivity (Wildman–Crippen MR) is 225 cm³/mol. The van der Waals surface area contributed by atoms with Crippen molar-refractivity contribution in [3.8, 4) is 23.0 Å². The number of hydrogen-bond acceptors (Lipinski definition) is 8. The largest absolute Gasteiger partial charge is 0.435 e. The maximum atomic E-state index is 15.7. The Morgan fingerprint density at radius 3 is 2.13 bits per heavy atom. The molecule has 26 heteroatoms. The summed E-state index contributed by atoms with van der Waals surface area (Å²) in [5, 5.41) is 9.07. The Morgan fingerprint density at radius 2 is 1.58 bits per heavy atom. The summed E-state index contributed by atoms with van der Waals surface area (Å²) >= 11 is 12.5. The van der Waals surface area contributed by atoms with Crippen LogP contribution in [0, 0.1) is 29.4 Å². The van der Waals surface area contributed by atoms with Crippen LogP contribution in [0.1, 0.15) is 59.7 Å². The Morgan fingerprint density at radius 1 is 0.940 bits per heavy atom.